The summed E-state index contributed by atoms with van der Waals surface area (Å²) in [5.41, 5.74) is 6.44. The first-order valence-electron chi connectivity index (χ1n) is 6.91. The van der Waals surface area contributed by atoms with E-state index < -0.39 is 0 Å². The summed E-state index contributed by atoms with van der Waals surface area (Å²) in [6.07, 6.45) is -0.263. The fraction of sp³-hybridized carbons (Fsp3) is 0.533. The molecule has 3 unspecified atom stereocenters. The number of morpholine rings is 1. The summed E-state index contributed by atoms with van der Waals surface area (Å²) in [6, 6.07) is 6.22. The molecule has 0 bridgehead atoms. The quantitative estimate of drug-likeness (QED) is 0.929. The molecule has 2 rings (SSSR count). The van der Waals surface area contributed by atoms with Crippen LogP contribution >= 0.6 is 12.4 Å². The summed E-state index contributed by atoms with van der Waals surface area (Å²) >= 11 is 0. The second-order valence-corrected chi connectivity index (χ2v) is 5.37. The molecule has 1 saturated heterocycles. The van der Waals surface area contributed by atoms with Crippen LogP contribution in [-0.4, -0.2) is 36.5 Å². The van der Waals surface area contributed by atoms with Gasteiger partial charge in [-0.05, 0) is 24.6 Å². The van der Waals surface area contributed by atoms with Crippen LogP contribution in [0.4, 0.5) is 4.39 Å². The molecule has 1 amide bonds. The van der Waals surface area contributed by atoms with Gasteiger partial charge in [-0.1, -0.05) is 19.1 Å². The Morgan fingerprint density at radius 3 is 2.62 bits per heavy atom. The first kappa shape index (κ1) is 17.9. The normalized spacial score (nSPS) is 23.3. The Bertz CT molecular complexity index is 469. The summed E-state index contributed by atoms with van der Waals surface area (Å²) in [7, 11) is 0. The van der Waals surface area contributed by atoms with Crippen molar-refractivity contribution in [1.82, 2.24) is 4.90 Å². The van der Waals surface area contributed by atoms with Crippen LogP contribution in [0.25, 0.3) is 0 Å². The fourth-order valence-electron chi connectivity index (χ4n) is 2.41. The van der Waals surface area contributed by atoms with E-state index in [1.54, 1.807) is 17.0 Å². The first-order chi connectivity index (χ1) is 9.51. The monoisotopic (exact) mass is 316 g/mol. The highest BCUT2D eigenvalue weighted by Crippen LogP contribution is 2.26. The third kappa shape index (κ3) is 4.40. The molecule has 0 aliphatic carbocycles. The highest BCUT2D eigenvalue weighted by Gasteiger charge is 2.30. The standard InChI is InChI=1S/C15H21FN2O2.ClH/c1-10(7-17)15(19)18-8-11(2)20-14(9-18)12-3-5-13(16)6-4-12;/h3-6,10-11,14H,7-9,17H2,1-2H3;1H. The highest BCUT2D eigenvalue weighted by molar-refractivity contribution is 5.85. The van der Waals surface area contributed by atoms with Gasteiger partial charge in [0.1, 0.15) is 11.9 Å². The molecule has 118 valence electrons. The number of hydrogen-bond donors (Lipinski definition) is 1. The predicted octanol–water partition coefficient (Wildman–Crippen LogP) is 2.13. The maximum absolute atomic E-state index is 13.0. The highest BCUT2D eigenvalue weighted by atomic mass is 35.5. The van der Waals surface area contributed by atoms with Crippen LogP contribution < -0.4 is 5.73 Å². The lowest BCUT2D eigenvalue weighted by Crippen LogP contribution is -2.48. The van der Waals surface area contributed by atoms with Crippen LogP contribution in [0.15, 0.2) is 24.3 Å². The second kappa shape index (κ2) is 7.73. The van der Waals surface area contributed by atoms with Crippen LogP contribution in [0.2, 0.25) is 0 Å². The molecule has 1 aromatic rings. The molecule has 0 aromatic heterocycles. The number of rotatable bonds is 3. The molecule has 1 heterocycles. The SMILES string of the molecule is CC1CN(C(=O)C(C)CN)CC(c2ccc(F)cc2)O1.Cl. The third-order valence-electron chi connectivity index (χ3n) is 3.59. The number of benzene rings is 1. The maximum Gasteiger partial charge on any atom is 0.226 e. The van der Waals surface area contributed by atoms with Crippen molar-refractivity contribution in [3.63, 3.8) is 0 Å². The van der Waals surface area contributed by atoms with Crippen molar-refractivity contribution in [3.05, 3.63) is 35.6 Å². The van der Waals surface area contributed by atoms with E-state index >= 15 is 0 Å². The molecule has 1 aliphatic rings. The number of ether oxygens (including phenoxy) is 1. The number of nitrogens with zero attached hydrogens (tertiary/aromatic N) is 1. The Kier molecular flexibility index (Phi) is 6.58. The molecule has 21 heavy (non-hydrogen) atoms. The van der Waals surface area contributed by atoms with E-state index in [-0.39, 0.29) is 42.3 Å². The Balaban J connectivity index is 0.00000220. The topological polar surface area (TPSA) is 55.6 Å². The number of amides is 1. The Morgan fingerprint density at radius 2 is 2.05 bits per heavy atom. The second-order valence-electron chi connectivity index (χ2n) is 5.37. The molecule has 1 fully saturated rings. The number of carbonyl (C=O) groups excluding carboxylic acids is 1. The van der Waals surface area contributed by atoms with Crippen molar-refractivity contribution in [3.8, 4) is 0 Å². The first-order valence-corrected chi connectivity index (χ1v) is 6.91. The summed E-state index contributed by atoms with van der Waals surface area (Å²) in [5, 5.41) is 0. The van der Waals surface area contributed by atoms with Gasteiger partial charge in [0.05, 0.1) is 12.6 Å². The van der Waals surface area contributed by atoms with Gasteiger partial charge in [-0.15, -0.1) is 12.4 Å². The van der Waals surface area contributed by atoms with E-state index in [0.717, 1.165) is 5.56 Å². The minimum absolute atomic E-state index is 0. The van der Waals surface area contributed by atoms with Crippen LogP contribution in [0, 0.1) is 11.7 Å². The van der Waals surface area contributed by atoms with E-state index in [1.807, 2.05) is 13.8 Å². The Morgan fingerprint density at radius 1 is 1.43 bits per heavy atom. The molecule has 1 aromatic carbocycles. The summed E-state index contributed by atoms with van der Waals surface area (Å²) in [4.78, 5) is 14.0. The van der Waals surface area contributed by atoms with E-state index in [2.05, 4.69) is 0 Å². The smallest absolute Gasteiger partial charge is 0.226 e. The zero-order valence-corrected chi connectivity index (χ0v) is 13.1. The molecule has 0 radical (unpaired) electrons. The minimum Gasteiger partial charge on any atom is -0.367 e. The summed E-state index contributed by atoms with van der Waals surface area (Å²) in [5.74, 6) is -0.411. The van der Waals surface area contributed by atoms with Crippen molar-refractivity contribution in [2.24, 2.45) is 11.7 Å². The molecule has 1 aliphatic heterocycles. The van der Waals surface area contributed by atoms with Gasteiger partial charge >= 0.3 is 0 Å². The number of hydrogen-bond acceptors (Lipinski definition) is 3. The lowest BCUT2D eigenvalue weighted by Gasteiger charge is -2.38. The van der Waals surface area contributed by atoms with Gasteiger partial charge in [-0.3, -0.25) is 4.79 Å². The average Bonchev–Trinajstić information content (AvgIpc) is 2.45. The van der Waals surface area contributed by atoms with Crippen molar-refractivity contribution in [2.45, 2.75) is 26.1 Å². The van der Waals surface area contributed by atoms with Gasteiger partial charge in [0.2, 0.25) is 5.91 Å². The molecule has 2 N–H and O–H groups in total. The largest absolute Gasteiger partial charge is 0.367 e. The van der Waals surface area contributed by atoms with E-state index in [0.29, 0.717) is 19.6 Å². The van der Waals surface area contributed by atoms with Gasteiger partial charge < -0.3 is 15.4 Å². The van der Waals surface area contributed by atoms with Gasteiger partial charge in [-0.25, -0.2) is 4.39 Å². The van der Waals surface area contributed by atoms with Gasteiger partial charge in [0.15, 0.2) is 0 Å². The molecule has 0 saturated carbocycles. The zero-order chi connectivity index (χ0) is 14.7. The summed E-state index contributed by atoms with van der Waals surface area (Å²) in [6.45, 7) is 5.16. The van der Waals surface area contributed by atoms with Gasteiger partial charge in [-0.2, -0.15) is 0 Å². The van der Waals surface area contributed by atoms with Crippen LogP contribution in [0.5, 0.6) is 0 Å². The van der Waals surface area contributed by atoms with Crippen LogP contribution in [-0.2, 0) is 9.53 Å². The zero-order valence-electron chi connectivity index (χ0n) is 12.3. The maximum atomic E-state index is 13.0. The third-order valence-corrected chi connectivity index (χ3v) is 3.59. The van der Waals surface area contributed by atoms with Gasteiger partial charge in [0.25, 0.3) is 0 Å². The lowest BCUT2D eigenvalue weighted by atomic mass is 10.0. The molecule has 6 heteroatoms. The molecular weight excluding hydrogens is 295 g/mol. The Labute approximate surface area is 130 Å². The van der Waals surface area contributed by atoms with E-state index in [4.69, 9.17) is 10.5 Å². The molecule has 0 spiro atoms. The molecule has 4 nitrogen and oxygen atoms in total. The average molecular weight is 317 g/mol. The number of halogens is 2. The van der Waals surface area contributed by atoms with E-state index in [1.165, 1.54) is 12.1 Å². The van der Waals surface area contributed by atoms with Crippen molar-refractivity contribution < 1.29 is 13.9 Å². The minimum atomic E-state index is -0.276. The number of nitrogens with two attached hydrogens (primary N) is 1. The van der Waals surface area contributed by atoms with Crippen LogP contribution in [0.1, 0.15) is 25.5 Å². The fourth-order valence-corrected chi connectivity index (χ4v) is 2.41. The lowest BCUT2D eigenvalue weighted by molar-refractivity contribution is -0.148. The Hall–Kier alpha value is -1.17. The van der Waals surface area contributed by atoms with Gasteiger partial charge in [0, 0.05) is 19.0 Å². The van der Waals surface area contributed by atoms with E-state index in [9.17, 15) is 9.18 Å². The molecular formula is C15H22ClFN2O2. The predicted molar refractivity (Wildman–Crippen MR) is 81.7 cm³/mol. The van der Waals surface area contributed by atoms with Crippen LogP contribution in [0.3, 0.4) is 0 Å². The number of carbonyl (C=O) groups is 1. The summed E-state index contributed by atoms with van der Waals surface area (Å²) < 4.78 is 18.8. The van der Waals surface area contributed by atoms with Crippen molar-refractivity contribution in [2.75, 3.05) is 19.6 Å². The van der Waals surface area contributed by atoms with Crippen molar-refractivity contribution >= 4 is 18.3 Å². The van der Waals surface area contributed by atoms with Crippen molar-refractivity contribution in [1.29, 1.82) is 0 Å². The molecule has 3 atom stereocenters.